The summed E-state index contributed by atoms with van der Waals surface area (Å²) in [5, 5.41) is 11.0. The second-order valence-corrected chi connectivity index (χ2v) is 11.7. The van der Waals surface area contributed by atoms with Crippen LogP contribution in [0.5, 0.6) is 0 Å². The molecule has 0 saturated carbocycles. The van der Waals surface area contributed by atoms with Gasteiger partial charge in [-0.3, -0.25) is 0 Å². The fraction of sp³-hybridized carbons (Fsp3) is 0. The fourth-order valence-electron chi connectivity index (χ4n) is 6.88. The Hall–Kier alpha value is -4.76. The van der Waals surface area contributed by atoms with Gasteiger partial charge in [0.15, 0.2) is 0 Å². The Morgan fingerprint density at radius 3 is 1.21 bits per heavy atom. The van der Waals surface area contributed by atoms with Crippen LogP contribution in [0.3, 0.4) is 0 Å². The molecule has 0 amide bonds. The number of hydrogen-bond acceptors (Lipinski definition) is 0. The molecule has 0 fully saturated rings. The number of para-hydroxylation sites is 2. The lowest BCUT2D eigenvalue weighted by molar-refractivity contribution is 1.18. The molecule has 4 heteroatoms. The van der Waals surface area contributed by atoms with Crippen molar-refractivity contribution in [1.29, 1.82) is 0 Å². The predicted molar refractivity (Wildman–Crippen MR) is 180 cm³/mol. The van der Waals surface area contributed by atoms with Gasteiger partial charge in [-0.05, 0) is 71.4 Å². The topological polar surface area (TPSA) is 9.86 Å². The van der Waals surface area contributed by atoms with Crippen LogP contribution in [0.25, 0.3) is 76.5 Å². The van der Waals surface area contributed by atoms with Gasteiger partial charge < -0.3 is 9.13 Å². The highest BCUT2D eigenvalue weighted by Crippen LogP contribution is 2.45. The molecule has 0 atom stereocenters. The molecule has 0 aliphatic carbocycles. The van der Waals surface area contributed by atoms with Crippen molar-refractivity contribution in [2.75, 3.05) is 0 Å². The molecule has 9 rings (SSSR count). The first-order chi connectivity index (χ1) is 20.7. The van der Waals surface area contributed by atoms with E-state index >= 15 is 0 Å². The van der Waals surface area contributed by atoms with Crippen molar-refractivity contribution in [2.24, 2.45) is 0 Å². The lowest BCUT2D eigenvalue weighted by Crippen LogP contribution is -1.95. The van der Waals surface area contributed by atoms with Gasteiger partial charge in [0, 0.05) is 53.7 Å². The maximum Gasteiger partial charge on any atom is 0.0619 e. The van der Waals surface area contributed by atoms with E-state index in [0.29, 0.717) is 0 Å². The van der Waals surface area contributed by atoms with Crippen LogP contribution in [0.4, 0.5) is 0 Å². The maximum atomic E-state index is 6.45. The highest BCUT2D eigenvalue weighted by atomic mass is 35.5. The summed E-state index contributed by atoms with van der Waals surface area (Å²) in [6, 6.07) is 47.2. The van der Waals surface area contributed by atoms with Gasteiger partial charge in [-0.2, -0.15) is 0 Å². The summed E-state index contributed by atoms with van der Waals surface area (Å²) in [5.74, 6) is 0. The monoisotopic (exact) mass is 576 g/mol. The first kappa shape index (κ1) is 23.9. The van der Waals surface area contributed by atoms with Crippen LogP contribution in [0.2, 0.25) is 10.0 Å². The van der Waals surface area contributed by atoms with E-state index < -0.39 is 0 Å². The third kappa shape index (κ3) is 3.28. The van der Waals surface area contributed by atoms with Crippen molar-refractivity contribution in [3.8, 4) is 11.4 Å². The van der Waals surface area contributed by atoms with Crippen LogP contribution in [-0.2, 0) is 0 Å². The Bertz CT molecular complexity index is 2350. The van der Waals surface area contributed by atoms with E-state index in [0.717, 1.165) is 32.2 Å². The summed E-state index contributed by atoms with van der Waals surface area (Å²) in [5.41, 5.74) is 6.98. The zero-order chi connectivity index (χ0) is 27.9. The van der Waals surface area contributed by atoms with Crippen molar-refractivity contribution in [3.05, 3.63) is 144 Å². The molecule has 2 heterocycles. The molecule has 0 saturated heterocycles. The molecular weight excluding hydrogens is 555 g/mol. The highest BCUT2D eigenvalue weighted by molar-refractivity contribution is 6.35. The molecule has 7 aromatic carbocycles. The summed E-state index contributed by atoms with van der Waals surface area (Å²) in [6.45, 7) is 0. The van der Waals surface area contributed by atoms with E-state index in [1.165, 1.54) is 54.4 Å². The minimum atomic E-state index is 0.740. The molecule has 42 heavy (non-hydrogen) atoms. The number of nitrogens with zero attached hydrogens (tertiary/aromatic N) is 2. The van der Waals surface area contributed by atoms with Crippen LogP contribution in [0, 0.1) is 0 Å². The van der Waals surface area contributed by atoms with Crippen molar-refractivity contribution in [3.63, 3.8) is 0 Å². The molecular formula is C38H22Cl2N2. The molecule has 9 aromatic rings. The number of fused-ring (bicyclic) bond motifs is 11. The predicted octanol–water partition coefficient (Wildman–Crippen LogP) is 11.5. The molecule has 0 N–H and O–H groups in total. The summed E-state index contributed by atoms with van der Waals surface area (Å²) in [7, 11) is 0. The molecule has 0 bridgehead atoms. The Kier molecular flexibility index (Phi) is 5.05. The normalized spacial score (nSPS) is 12.0. The lowest BCUT2D eigenvalue weighted by atomic mass is 10.0. The zero-order valence-electron chi connectivity index (χ0n) is 22.4. The number of rotatable bonds is 2. The Morgan fingerprint density at radius 1 is 0.381 bits per heavy atom. The van der Waals surface area contributed by atoms with Crippen LogP contribution >= 0.6 is 23.2 Å². The fourth-order valence-corrected chi connectivity index (χ4v) is 7.24. The highest BCUT2D eigenvalue weighted by Gasteiger charge is 2.22. The third-order valence-corrected chi connectivity index (χ3v) is 9.03. The Morgan fingerprint density at radius 2 is 0.786 bits per heavy atom. The van der Waals surface area contributed by atoms with Gasteiger partial charge in [0.2, 0.25) is 0 Å². The minimum Gasteiger partial charge on any atom is -0.309 e. The summed E-state index contributed by atoms with van der Waals surface area (Å²) in [4.78, 5) is 0. The quantitative estimate of drug-likeness (QED) is 0.193. The zero-order valence-corrected chi connectivity index (χ0v) is 23.9. The van der Waals surface area contributed by atoms with E-state index in [2.05, 4.69) is 130 Å². The third-order valence-electron chi connectivity index (χ3n) is 8.56. The van der Waals surface area contributed by atoms with Gasteiger partial charge in [0.1, 0.15) is 0 Å². The van der Waals surface area contributed by atoms with E-state index in [9.17, 15) is 0 Å². The molecule has 0 spiro atoms. The van der Waals surface area contributed by atoms with Crippen LogP contribution in [-0.4, -0.2) is 9.13 Å². The Balaban J connectivity index is 1.57. The molecule has 198 valence electrons. The smallest absolute Gasteiger partial charge is 0.0619 e. The molecule has 0 unspecified atom stereocenters. The summed E-state index contributed by atoms with van der Waals surface area (Å²) in [6.07, 6.45) is 0. The van der Waals surface area contributed by atoms with Crippen molar-refractivity contribution >= 4 is 88.4 Å². The maximum absolute atomic E-state index is 6.45. The van der Waals surface area contributed by atoms with Gasteiger partial charge in [-0.25, -0.2) is 0 Å². The molecule has 2 aromatic heterocycles. The lowest BCUT2D eigenvalue weighted by Gasteiger charge is -2.11. The van der Waals surface area contributed by atoms with E-state index in [-0.39, 0.29) is 0 Å². The van der Waals surface area contributed by atoms with Crippen LogP contribution in [0.15, 0.2) is 133 Å². The first-order valence-corrected chi connectivity index (χ1v) is 14.8. The van der Waals surface area contributed by atoms with Gasteiger partial charge in [0.05, 0.1) is 22.1 Å². The number of hydrogen-bond donors (Lipinski definition) is 0. The number of aromatic nitrogens is 2. The molecule has 0 radical (unpaired) electrons. The van der Waals surface area contributed by atoms with Gasteiger partial charge >= 0.3 is 0 Å². The molecule has 0 aliphatic heterocycles. The SMILES string of the molecule is Clc1ccc2c(ccc3c4c5c6ccc7cc(Cl)ccc7c6n(-c6ccccc6)c5ccc4n(-c4ccccc4)c23)c1. The van der Waals surface area contributed by atoms with Crippen molar-refractivity contribution < 1.29 is 0 Å². The van der Waals surface area contributed by atoms with Gasteiger partial charge in [-0.15, -0.1) is 0 Å². The summed E-state index contributed by atoms with van der Waals surface area (Å²) >= 11 is 12.9. The van der Waals surface area contributed by atoms with Crippen molar-refractivity contribution in [1.82, 2.24) is 9.13 Å². The molecule has 2 nitrogen and oxygen atoms in total. The Labute approximate surface area is 251 Å². The van der Waals surface area contributed by atoms with Crippen LogP contribution < -0.4 is 0 Å². The standard InChI is InChI=1S/C38H22Cl2N2/c39-25-13-17-29-23(21-25)11-15-31-35-33(41(37(29)31)27-7-3-1-4-8-27)19-20-34-36(35)32-16-12-24-22-26(40)14-18-30(24)38(32)42(34)28-9-5-2-6-10-28/h1-22H. The van der Waals surface area contributed by atoms with Crippen molar-refractivity contribution in [2.45, 2.75) is 0 Å². The van der Waals surface area contributed by atoms with E-state index in [4.69, 9.17) is 23.2 Å². The van der Waals surface area contributed by atoms with Crippen LogP contribution in [0.1, 0.15) is 0 Å². The second kappa shape index (κ2) is 8.87. The first-order valence-electron chi connectivity index (χ1n) is 14.0. The summed E-state index contributed by atoms with van der Waals surface area (Å²) < 4.78 is 4.82. The minimum absolute atomic E-state index is 0.740. The average molecular weight is 578 g/mol. The largest absolute Gasteiger partial charge is 0.309 e. The second-order valence-electron chi connectivity index (χ2n) is 10.9. The van der Waals surface area contributed by atoms with E-state index in [1.54, 1.807) is 0 Å². The average Bonchev–Trinajstić information content (AvgIpc) is 3.54. The van der Waals surface area contributed by atoms with Gasteiger partial charge in [0.25, 0.3) is 0 Å². The number of halogens is 2. The van der Waals surface area contributed by atoms with Gasteiger partial charge in [-0.1, -0.05) is 96.0 Å². The van der Waals surface area contributed by atoms with E-state index in [1.807, 2.05) is 12.1 Å². The molecule has 0 aliphatic rings. The number of benzene rings is 7.